The Kier molecular flexibility index (Phi) is 3.84. The highest BCUT2D eigenvalue weighted by molar-refractivity contribution is 6.33. The van der Waals surface area contributed by atoms with E-state index in [1.165, 1.54) is 5.69 Å². The maximum atomic E-state index is 12.7. The fourth-order valence-corrected chi connectivity index (χ4v) is 2.89. The van der Waals surface area contributed by atoms with Crippen molar-refractivity contribution >= 4 is 23.2 Å². The predicted octanol–water partition coefficient (Wildman–Crippen LogP) is 3.43. The number of anilines is 1. The Labute approximate surface area is 129 Å². The zero-order valence-electron chi connectivity index (χ0n) is 11.9. The molecule has 0 spiro atoms. The minimum Gasteiger partial charge on any atom is -0.373 e. The molecule has 0 atom stereocenters. The Morgan fingerprint density at radius 1 is 1.05 bits per heavy atom. The first-order chi connectivity index (χ1) is 10.2. The van der Waals surface area contributed by atoms with Gasteiger partial charge in [-0.15, -0.1) is 0 Å². The van der Waals surface area contributed by atoms with E-state index < -0.39 is 0 Å². The van der Waals surface area contributed by atoms with Crippen LogP contribution in [0.25, 0.3) is 0 Å². The van der Waals surface area contributed by atoms with E-state index >= 15 is 0 Å². The van der Waals surface area contributed by atoms with Crippen molar-refractivity contribution in [1.82, 2.24) is 4.90 Å². The molecular weight excluding hydrogens is 284 g/mol. The molecule has 0 N–H and O–H groups in total. The molecule has 0 aromatic heterocycles. The number of halogens is 1. The molecule has 1 heterocycles. The van der Waals surface area contributed by atoms with Gasteiger partial charge in [0.2, 0.25) is 0 Å². The van der Waals surface area contributed by atoms with Gasteiger partial charge in [0, 0.05) is 32.4 Å². The van der Waals surface area contributed by atoms with Crippen molar-refractivity contribution in [3.05, 3.63) is 64.7 Å². The number of para-hydroxylation sites is 1. The number of carbonyl (C=O) groups excluding carboxylic acids is 1. The van der Waals surface area contributed by atoms with Crippen molar-refractivity contribution in [1.29, 1.82) is 0 Å². The van der Waals surface area contributed by atoms with Crippen LogP contribution >= 0.6 is 11.6 Å². The standard InChI is InChI=1S/C17H17ClN2O/c1-19-10-11-20(12-13-6-2-5-9-16(13)19)17(21)14-7-3-4-8-15(14)18/h2-9H,10-12H2,1H3. The highest BCUT2D eigenvalue weighted by Crippen LogP contribution is 2.25. The van der Waals surface area contributed by atoms with E-state index in [0.29, 0.717) is 23.7 Å². The number of nitrogens with zero attached hydrogens (tertiary/aromatic N) is 2. The van der Waals surface area contributed by atoms with E-state index in [-0.39, 0.29) is 5.91 Å². The number of carbonyl (C=O) groups is 1. The molecule has 1 amide bonds. The second kappa shape index (κ2) is 5.78. The number of fused-ring (bicyclic) bond motifs is 1. The number of hydrogen-bond donors (Lipinski definition) is 0. The van der Waals surface area contributed by atoms with Crippen LogP contribution in [0.5, 0.6) is 0 Å². The van der Waals surface area contributed by atoms with Crippen LogP contribution in [0.4, 0.5) is 5.69 Å². The normalized spacial score (nSPS) is 14.6. The summed E-state index contributed by atoms with van der Waals surface area (Å²) in [4.78, 5) is 16.8. The zero-order valence-corrected chi connectivity index (χ0v) is 12.7. The maximum Gasteiger partial charge on any atom is 0.255 e. The summed E-state index contributed by atoms with van der Waals surface area (Å²) in [6.45, 7) is 2.12. The van der Waals surface area contributed by atoms with Crippen LogP contribution in [0.3, 0.4) is 0 Å². The average molecular weight is 301 g/mol. The van der Waals surface area contributed by atoms with Gasteiger partial charge >= 0.3 is 0 Å². The molecule has 0 unspecified atom stereocenters. The van der Waals surface area contributed by atoms with Gasteiger partial charge in [-0.3, -0.25) is 4.79 Å². The van der Waals surface area contributed by atoms with Crippen molar-refractivity contribution < 1.29 is 4.79 Å². The van der Waals surface area contributed by atoms with E-state index in [9.17, 15) is 4.79 Å². The molecule has 0 aliphatic carbocycles. The van der Waals surface area contributed by atoms with E-state index in [2.05, 4.69) is 24.1 Å². The predicted molar refractivity (Wildman–Crippen MR) is 85.9 cm³/mol. The van der Waals surface area contributed by atoms with E-state index in [0.717, 1.165) is 12.1 Å². The second-order valence-electron chi connectivity index (χ2n) is 5.26. The summed E-state index contributed by atoms with van der Waals surface area (Å²) < 4.78 is 0. The summed E-state index contributed by atoms with van der Waals surface area (Å²) >= 11 is 6.15. The molecule has 1 aliphatic rings. The first kappa shape index (κ1) is 14.0. The average Bonchev–Trinajstić information content (AvgIpc) is 2.67. The van der Waals surface area contributed by atoms with Gasteiger partial charge in [0.25, 0.3) is 5.91 Å². The third-order valence-electron chi connectivity index (χ3n) is 3.86. The van der Waals surface area contributed by atoms with Crippen molar-refractivity contribution in [2.45, 2.75) is 6.54 Å². The number of hydrogen-bond acceptors (Lipinski definition) is 2. The van der Waals surface area contributed by atoms with Gasteiger partial charge in [-0.05, 0) is 23.8 Å². The topological polar surface area (TPSA) is 23.6 Å². The van der Waals surface area contributed by atoms with Crippen molar-refractivity contribution in [3.63, 3.8) is 0 Å². The molecule has 1 aliphatic heterocycles. The monoisotopic (exact) mass is 300 g/mol. The van der Waals surface area contributed by atoms with E-state index in [1.54, 1.807) is 12.1 Å². The molecule has 3 rings (SSSR count). The van der Waals surface area contributed by atoms with Gasteiger partial charge < -0.3 is 9.80 Å². The summed E-state index contributed by atoms with van der Waals surface area (Å²) in [6, 6.07) is 15.4. The quantitative estimate of drug-likeness (QED) is 0.805. The van der Waals surface area contributed by atoms with Crippen LogP contribution in [-0.2, 0) is 6.54 Å². The van der Waals surface area contributed by atoms with Crippen molar-refractivity contribution in [3.8, 4) is 0 Å². The van der Waals surface area contributed by atoms with Crippen LogP contribution in [0, 0.1) is 0 Å². The Hall–Kier alpha value is -2.00. The fourth-order valence-electron chi connectivity index (χ4n) is 2.67. The molecule has 0 saturated heterocycles. The van der Waals surface area contributed by atoms with Gasteiger partial charge in [-0.2, -0.15) is 0 Å². The van der Waals surface area contributed by atoms with Crippen LogP contribution in [0.1, 0.15) is 15.9 Å². The molecule has 0 fully saturated rings. The maximum absolute atomic E-state index is 12.7. The Bertz CT molecular complexity index is 671. The lowest BCUT2D eigenvalue weighted by atomic mass is 10.1. The Morgan fingerprint density at radius 2 is 1.76 bits per heavy atom. The van der Waals surface area contributed by atoms with Crippen LogP contribution < -0.4 is 4.90 Å². The minimum absolute atomic E-state index is 0.00861. The summed E-state index contributed by atoms with van der Waals surface area (Å²) in [5.74, 6) is -0.00861. The molecule has 0 radical (unpaired) electrons. The van der Waals surface area contributed by atoms with E-state index in [4.69, 9.17) is 11.6 Å². The fraction of sp³-hybridized carbons (Fsp3) is 0.235. The number of likely N-dealkylation sites (N-methyl/N-ethyl adjacent to an activating group) is 1. The molecule has 4 heteroatoms. The lowest BCUT2D eigenvalue weighted by molar-refractivity contribution is 0.0752. The molecule has 0 bridgehead atoms. The third kappa shape index (κ3) is 2.74. The number of benzene rings is 2. The molecule has 3 nitrogen and oxygen atoms in total. The zero-order chi connectivity index (χ0) is 14.8. The van der Waals surface area contributed by atoms with Gasteiger partial charge in [0.05, 0.1) is 10.6 Å². The summed E-state index contributed by atoms with van der Waals surface area (Å²) in [5, 5.41) is 0.508. The van der Waals surface area contributed by atoms with Crippen molar-refractivity contribution in [2.24, 2.45) is 0 Å². The summed E-state index contributed by atoms with van der Waals surface area (Å²) in [6.07, 6.45) is 0. The highest BCUT2D eigenvalue weighted by atomic mass is 35.5. The van der Waals surface area contributed by atoms with Gasteiger partial charge in [-0.25, -0.2) is 0 Å². The lowest BCUT2D eigenvalue weighted by Gasteiger charge is -2.21. The first-order valence-electron chi connectivity index (χ1n) is 6.99. The Morgan fingerprint density at radius 3 is 2.57 bits per heavy atom. The molecule has 2 aromatic carbocycles. The molecular formula is C17H17ClN2O. The molecule has 2 aromatic rings. The first-order valence-corrected chi connectivity index (χ1v) is 7.37. The SMILES string of the molecule is CN1CCN(C(=O)c2ccccc2Cl)Cc2ccccc21. The number of amides is 1. The molecule has 108 valence electrons. The smallest absolute Gasteiger partial charge is 0.255 e. The van der Waals surface area contributed by atoms with Crippen LogP contribution in [0.15, 0.2) is 48.5 Å². The van der Waals surface area contributed by atoms with Gasteiger partial charge in [-0.1, -0.05) is 41.9 Å². The summed E-state index contributed by atoms with van der Waals surface area (Å²) in [5.41, 5.74) is 2.92. The lowest BCUT2D eigenvalue weighted by Crippen LogP contribution is -2.34. The largest absolute Gasteiger partial charge is 0.373 e. The van der Waals surface area contributed by atoms with E-state index in [1.807, 2.05) is 29.2 Å². The van der Waals surface area contributed by atoms with Gasteiger partial charge in [0.1, 0.15) is 0 Å². The second-order valence-corrected chi connectivity index (χ2v) is 5.66. The van der Waals surface area contributed by atoms with Crippen LogP contribution in [-0.4, -0.2) is 30.9 Å². The number of rotatable bonds is 1. The molecule has 0 saturated carbocycles. The van der Waals surface area contributed by atoms with Gasteiger partial charge in [0.15, 0.2) is 0 Å². The Balaban J connectivity index is 1.91. The van der Waals surface area contributed by atoms with Crippen LogP contribution in [0.2, 0.25) is 5.02 Å². The molecule has 21 heavy (non-hydrogen) atoms. The highest BCUT2D eigenvalue weighted by Gasteiger charge is 2.23. The third-order valence-corrected chi connectivity index (χ3v) is 4.19. The minimum atomic E-state index is -0.00861. The van der Waals surface area contributed by atoms with Crippen molar-refractivity contribution in [2.75, 3.05) is 25.0 Å². The summed E-state index contributed by atoms with van der Waals surface area (Å²) in [7, 11) is 2.06.